The van der Waals surface area contributed by atoms with Crippen molar-refractivity contribution in [1.82, 2.24) is 4.98 Å². The zero-order chi connectivity index (χ0) is 12.3. The number of carbonyl (C=O) groups excluding carboxylic acids is 1. The molecular formula is C13H10BrNO2. The molecule has 0 aliphatic carbocycles. The summed E-state index contributed by atoms with van der Waals surface area (Å²) in [6, 6.07) is 8.75. The lowest BCUT2D eigenvalue weighted by Gasteiger charge is -2.03. The number of nitrogens with zero attached hydrogens (tertiary/aromatic N) is 1. The number of hydrogen-bond acceptors (Lipinski definition) is 3. The molecule has 0 amide bonds. The first-order valence-corrected chi connectivity index (χ1v) is 5.79. The number of benzene rings is 1. The average molecular weight is 292 g/mol. The molecule has 0 N–H and O–H groups in total. The van der Waals surface area contributed by atoms with Crippen LogP contribution in [-0.4, -0.2) is 17.9 Å². The minimum Gasteiger partial charge on any atom is -0.497 e. The first kappa shape index (κ1) is 11.8. The molecule has 17 heavy (non-hydrogen) atoms. The number of aromatic nitrogens is 1. The molecule has 0 spiro atoms. The van der Waals surface area contributed by atoms with E-state index in [0.29, 0.717) is 11.1 Å². The van der Waals surface area contributed by atoms with Crippen molar-refractivity contribution in [2.24, 2.45) is 0 Å². The molecule has 2 aromatic rings. The maximum Gasteiger partial charge on any atom is 0.194 e. The standard InChI is InChI=1S/C13H10BrNO2/c1-17-12-4-2-9(3-5-12)13(16)10-6-11(14)8-15-7-10/h2-8H,1H3. The maximum atomic E-state index is 12.1. The quantitative estimate of drug-likeness (QED) is 0.816. The highest BCUT2D eigenvalue weighted by Crippen LogP contribution is 2.16. The summed E-state index contributed by atoms with van der Waals surface area (Å²) in [6.45, 7) is 0. The van der Waals surface area contributed by atoms with E-state index in [1.165, 1.54) is 0 Å². The molecular weight excluding hydrogens is 282 g/mol. The van der Waals surface area contributed by atoms with Crippen LogP contribution < -0.4 is 4.74 Å². The summed E-state index contributed by atoms with van der Waals surface area (Å²) >= 11 is 3.29. The van der Waals surface area contributed by atoms with Gasteiger partial charge in [-0.15, -0.1) is 0 Å². The van der Waals surface area contributed by atoms with Crippen molar-refractivity contribution in [3.8, 4) is 5.75 Å². The minimum atomic E-state index is -0.0542. The first-order chi connectivity index (χ1) is 8.20. The molecule has 1 aromatic heterocycles. The molecule has 2 rings (SSSR count). The van der Waals surface area contributed by atoms with E-state index in [0.717, 1.165) is 10.2 Å². The third-order valence-corrected chi connectivity index (χ3v) is 2.75. The summed E-state index contributed by atoms with van der Waals surface area (Å²) in [5.41, 5.74) is 1.18. The van der Waals surface area contributed by atoms with Gasteiger partial charge in [-0.3, -0.25) is 9.78 Å². The Hall–Kier alpha value is -1.68. The van der Waals surface area contributed by atoms with Gasteiger partial charge in [0.25, 0.3) is 0 Å². The number of ketones is 1. The van der Waals surface area contributed by atoms with Crippen LogP contribution in [0.15, 0.2) is 47.2 Å². The van der Waals surface area contributed by atoms with Crippen LogP contribution in [0.1, 0.15) is 15.9 Å². The van der Waals surface area contributed by atoms with Crippen LogP contribution in [0.25, 0.3) is 0 Å². The molecule has 0 aliphatic heterocycles. The van der Waals surface area contributed by atoms with E-state index < -0.39 is 0 Å². The van der Waals surface area contributed by atoms with E-state index in [9.17, 15) is 4.79 Å². The van der Waals surface area contributed by atoms with Gasteiger partial charge < -0.3 is 4.74 Å². The van der Waals surface area contributed by atoms with E-state index >= 15 is 0 Å². The van der Waals surface area contributed by atoms with Gasteiger partial charge in [0.05, 0.1) is 7.11 Å². The molecule has 0 saturated heterocycles. The fourth-order valence-electron chi connectivity index (χ4n) is 1.45. The number of ether oxygens (including phenoxy) is 1. The van der Waals surface area contributed by atoms with Crippen molar-refractivity contribution < 1.29 is 9.53 Å². The molecule has 0 bridgehead atoms. The Morgan fingerprint density at radius 1 is 1.18 bits per heavy atom. The van der Waals surface area contributed by atoms with Gasteiger partial charge in [0.1, 0.15) is 5.75 Å². The van der Waals surface area contributed by atoms with Crippen molar-refractivity contribution in [1.29, 1.82) is 0 Å². The Balaban J connectivity index is 2.30. The topological polar surface area (TPSA) is 39.2 Å². The summed E-state index contributed by atoms with van der Waals surface area (Å²) < 4.78 is 5.83. The monoisotopic (exact) mass is 291 g/mol. The highest BCUT2D eigenvalue weighted by Gasteiger charge is 2.09. The highest BCUT2D eigenvalue weighted by molar-refractivity contribution is 9.10. The van der Waals surface area contributed by atoms with Crippen LogP contribution in [-0.2, 0) is 0 Å². The van der Waals surface area contributed by atoms with Crippen molar-refractivity contribution >= 4 is 21.7 Å². The fourth-order valence-corrected chi connectivity index (χ4v) is 1.81. The summed E-state index contributed by atoms with van der Waals surface area (Å²) in [5, 5.41) is 0. The van der Waals surface area contributed by atoms with Gasteiger partial charge in [-0.25, -0.2) is 0 Å². The zero-order valence-corrected chi connectivity index (χ0v) is 10.8. The molecule has 1 aromatic carbocycles. The Kier molecular flexibility index (Phi) is 3.54. The highest BCUT2D eigenvalue weighted by atomic mass is 79.9. The second-order valence-electron chi connectivity index (χ2n) is 3.45. The van der Waals surface area contributed by atoms with E-state index in [-0.39, 0.29) is 5.78 Å². The van der Waals surface area contributed by atoms with Crippen LogP contribution in [0.2, 0.25) is 0 Å². The third-order valence-electron chi connectivity index (χ3n) is 2.32. The van der Waals surface area contributed by atoms with Crippen molar-refractivity contribution in [2.45, 2.75) is 0 Å². The zero-order valence-electron chi connectivity index (χ0n) is 9.18. The summed E-state index contributed by atoms with van der Waals surface area (Å²) in [7, 11) is 1.59. The van der Waals surface area contributed by atoms with Gasteiger partial charge in [-0.05, 0) is 46.3 Å². The van der Waals surface area contributed by atoms with Gasteiger partial charge in [0, 0.05) is 28.0 Å². The predicted molar refractivity (Wildman–Crippen MR) is 68.4 cm³/mol. The molecule has 3 nitrogen and oxygen atoms in total. The van der Waals surface area contributed by atoms with Gasteiger partial charge in [-0.1, -0.05) is 0 Å². The molecule has 0 fully saturated rings. The Labute approximate surface area is 108 Å². The number of methoxy groups -OCH3 is 1. The SMILES string of the molecule is COc1ccc(C(=O)c2cncc(Br)c2)cc1. The predicted octanol–water partition coefficient (Wildman–Crippen LogP) is 3.08. The normalized spacial score (nSPS) is 10.0. The number of hydrogen-bond donors (Lipinski definition) is 0. The number of rotatable bonds is 3. The van der Waals surface area contributed by atoms with Crippen LogP contribution in [0.3, 0.4) is 0 Å². The summed E-state index contributed by atoms with van der Waals surface area (Å²) in [5.74, 6) is 0.676. The number of carbonyl (C=O) groups is 1. The molecule has 86 valence electrons. The van der Waals surface area contributed by atoms with Gasteiger partial charge >= 0.3 is 0 Å². The molecule has 1 heterocycles. The molecule has 0 atom stereocenters. The first-order valence-electron chi connectivity index (χ1n) is 5.00. The summed E-state index contributed by atoms with van der Waals surface area (Å²) in [6.07, 6.45) is 3.20. The van der Waals surface area contributed by atoms with Crippen molar-refractivity contribution in [3.05, 3.63) is 58.3 Å². The molecule has 0 unspecified atom stereocenters. The van der Waals surface area contributed by atoms with Gasteiger partial charge in [0.2, 0.25) is 0 Å². The second-order valence-corrected chi connectivity index (χ2v) is 4.37. The lowest BCUT2D eigenvalue weighted by Crippen LogP contribution is -2.01. The average Bonchev–Trinajstić information content (AvgIpc) is 2.38. The van der Waals surface area contributed by atoms with Crippen LogP contribution >= 0.6 is 15.9 Å². The molecule has 0 aliphatic rings. The Morgan fingerprint density at radius 2 is 1.88 bits per heavy atom. The largest absolute Gasteiger partial charge is 0.497 e. The van der Waals surface area contributed by atoms with Crippen molar-refractivity contribution in [2.75, 3.05) is 7.11 Å². The molecule has 0 radical (unpaired) electrons. The Bertz CT molecular complexity index is 537. The minimum absolute atomic E-state index is 0.0542. The Morgan fingerprint density at radius 3 is 2.47 bits per heavy atom. The number of pyridine rings is 1. The van der Waals surface area contributed by atoms with E-state index in [2.05, 4.69) is 20.9 Å². The lowest BCUT2D eigenvalue weighted by molar-refractivity contribution is 0.103. The van der Waals surface area contributed by atoms with Crippen LogP contribution in [0, 0.1) is 0 Å². The van der Waals surface area contributed by atoms with E-state index in [1.807, 2.05) is 0 Å². The fraction of sp³-hybridized carbons (Fsp3) is 0.0769. The van der Waals surface area contributed by atoms with E-state index in [4.69, 9.17) is 4.74 Å². The second kappa shape index (κ2) is 5.10. The smallest absolute Gasteiger partial charge is 0.194 e. The van der Waals surface area contributed by atoms with Crippen LogP contribution in [0.4, 0.5) is 0 Å². The molecule has 0 saturated carbocycles. The lowest BCUT2D eigenvalue weighted by atomic mass is 10.1. The third kappa shape index (κ3) is 2.71. The number of halogens is 1. The summed E-state index contributed by atoms with van der Waals surface area (Å²) in [4.78, 5) is 16.1. The van der Waals surface area contributed by atoms with Crippen molar-refractivity contribution in [3.63, 3.8) is 0 Å². The van der Waals surface area contributed by atoms with Crippen LogP contribution in [0.5, 0.6) is 5.75 Å². The van der Waals surface area contributed by atoms with E-state index in [1.54, 1.807) is 49.8 Å². The maximum absolute atomic E-state index is 12.1. The van der Waals surface area contributed by atoms with Gasteiger partial charge in [-0.2, -0.15) is 0 Å². The van der Waals surface area contributed by atoms with Gasteiger partial charge in [0.15, 0.2) is 5.78 Å². The molecule has 4 heteroatoms.